The highest BCUT2D eigenvalue weighted by molar-refractivity contribution is 6.22. The second-order valence-corrected chi connectivity index (χ2v) is 37.1. The average Bonchev–Trinajstić information content (AvgIpc) is 0.702. The van der Waals surface area contributed by atoms with Gasteiger partial charge >= 0.3 is 0 Å². The number of fused-ring (bicyclic) bond motifs is 39. The molecule has 642 valence electrons. The zero-order valence-electron chi connectivity index (χ0n) is 75.2. The van der Waals surface area contributed by atoms with Gasteiger partial charge in [0.05, 0.1) is 0 Å². The van der Waals surface area contributed by atoms with Crippen LogP contribution in [0.4, 0.5) is 0 Å². The average molecular weight is 1750 g/mol. The topological polar surface area (TPSA) is 27.7 Å². The predicted molar refractivity (Wildman–Crippen MR) is 580 cm³/mol. The van der Waals surface area contributed by atoms with Crippen molar-refractivity contribution in [3.8, 4) is 67.9 Å². The Balaban J connectivity index is 0.000000102. The zero-order valence-corrected chi connectivity index (χ0v) is 75.2. The van der Waals surface area contributed by atoms with Gasteiger partial charge in [-0.1, -0.05) is 473 Å². The fourth-order valence-corrected chi connectivity index (χ4v) is 23.8. The summed E-state index contributed by atoms with van der Waals surface area (Å²) in [5, 5.41) is 36.6. The van der Waals surface area contributed by atoms with Crippen molar-refractivity contribution in [1.29, 1.82) is 0 Å². The number of hydrogen-bond acceptors (Lipinski definition) is 3. The summed E-state index contributed by atoms with van der Waals surface area (Å²) >= 11 is 0. The van der Waals surface area contributed by atoms with Crippen molar-refractivity contribution in [2.45, 2.75) is 17.8 Å². The van der Waals surface area contributed by atoms with Crippen molar-refractivity contribution >= 4 is 162 Å². The first-order chi connectivity index (χ1) is 68.5. The van der Waals surface area contributed by atoms with Crippen LogP contribution in [0.2, 0.25) is 0 Å². The Labute approximate surface area is 797 Å². The van der Waals surface area contributed by atoms with Crippen LogP contribution in [0.1, 0.15) is 67.8 Å². The fraction of sp³-hybridized carbons (Fsp3) is 0.0222. The van der Waals surface area contributed by atoms with E-state index < -0.39 is 0 Å². The minimum Gasteiger partial charge on any atom is -0.455 e. The number of hydrogen-bond donors (Lipinski definition) is 0. The Morgan fingerprint density at radius 2 is 0.341 bits per heavy atom. The first kappa shape index (κ1) is 78.9. The molecule has 0 fully saturated rings. The molecule has 3 nitrogen and oxygen atoms in total. The monoisotopic (exact) mass is 1750 g/mol. The van der Waals surface area contributed by atoms with E-state index in [1.807, 2.05) is 0 Å². The van der Waals surface area contributed by atoms with E-state index in [9.17, 15) is 0 Å². The van der Waals surface area contributed by atoms with Crippen LogP contribution in [-0.4, -0.2) is 0 Å². The Morgan fingerprint density at radius 3 is 0.703 bits per heavy atom. The molecule has 0 unspecified atom stereocenters. The summed E-state index contributed by atoms with van der Waals surface area (Å²) in [5.41, 5.74) is 18.6. The summed E-state index contributed by atoms with van der Waals surface area (Å²) in [7, 11) is 0. The third kappa shape index (κ3) is 12.5. The largest absolute Gasteiger partial charge is 0.455 e. The zero-order chi connectivity index (χ0) is 90.6. The van der Waals surface area contributed by atoms with Crippen LogP contribution >= 0.6 is 0 Å². The van der Waals surface area contributed by atoms with E-state index in [-0.39, 0.29) is 17.8 Å². The predicted octanol–water partition coefficient (Wildman–Crippen LogP) is 37.2. The molecule has 3 heterocycles. The summed E-state index contributed by atoms with van der Waals surface area (Å²) in [4.78, 5) is 0. The molecule has 0 amide bonds. The third-order valence-electron chi connectivity index (χ3n) is 29.8. The first-order valence-electron chi connectivity index (χ1n) is 47.9. The lowest BCUT2D eigenvalue weighted by Gasteiger charge is -2.33. The van der Waals surface area contributed by atoms with E-state index in [0.717, 1.165) is 66.8 Å². The molecule has 27 aromatic rings. The van der Waals surface area contributed by atoms with Crippen molar-refractivity contribution in [3.05, 3.63) is 541 Å². The normalized spacial score (nSPS) is 12.9. The van der Waals surface area contributed by atoms with Crippen molar-refractivity contribution in [2.75, 3.05) is 0 Å². The Bertz CT molecular complexity index is 9420. The van der Waals surface area contributed by atoms with Crippen LogP contribution < -0.4 is 14.2 Å². The van der Waals surface area contributed by atoms with Gasteiger partial charge in [-0.25, -0.2) is 0 Å². The van der Waals surface area contributed by atoms with Crippen LogP contribution in [0.25, 0.3) is 195 Å². The molecule has 0 spiro atoms. The first-order valence-corrected chi connectivity index (χ1v) is 47.9. The van der Waals surface area contributed by atoms with E-state index in [4.69, 9.17) is 14.2 Å². The van der Waals surface area contributed by atoms with Crippen molar-refractivity contribution in [2.24, 2.45) is 0 Å². The lowest BCUT2D eigenvalue weighted by Crippen LogP contribution is -2.14. The SMILES string of the molecule is c1cc(-c2ccc3ccccc3c2)cc(C2c3c(c4ccccc4c4ccccc34)Oc3c2c2ccccc2c2ccccc32)c1.c1ccc(-c2ccc3cc(C4c5c(c6ccccc6c6ccccc56)Oc5c4c4ccccc4c4ccccc54)ccc3c2)cc1.c1ccc(-c2cccc3ccc(C4c5c(c6ccccc6c6ccccc56)Oc5c4c4ccccc4c4ccccc54)cc23)cc1. The van der Waals surface area contributed by atoms with Gasteiger partial charge in [-0.3, -0.25) is 0 Å². The van der Waals surface area contributed by atoms with Gasteiger partial charge in [0, 0.05) is 83.5 Å². The van der Waals surface area contributed by atoms with Crippen LogP contribution in [0, 0.1) is 0 Å². The Morgan fingerprint density at radius 1 is 0.116 bits per heavy atom. The maximum absolute atomic E-state index is 7.25. The van der Waals surface area contributed by atoms with Gasteiger partial charge in [-0.15, -0.1) is 0 Å². The molecule has 0 bridgehead atoms. The molecule has 0 radical (unpaired) electrons. The molecule has 3 heteroatoms. The van der Waals surface area contributed by atoms with Crippen LogP contribution in [-0.2, 0) is 0 Å². The van der Waals surface area contributed by atoms with E-state index in [1.54, 1.807) is 0 Å². The lowest BCUT2D eigenvalue weighted by atomic mass is 9.76. The Kier molecular flexibility index (Phi) is 18.3. The smallest absolute Gasteiger partial charge is 0.140 e. The summed E-state index contributed by atoms with van der Waals surface area (Å²) in [5.74, 6) is 5.66. The fourth-order valence-electron chi connectivity index (χ4n) is 23.8. The highest BCUT2D eigenvalue weighted by Gasteiger charge is 2.40. The quantitative estimate of drug-likeness (QED) is 0.155. The number of benzene rings is 27. The molecule has 0 saturated carbocycles. The third-order valence-corrected chi connectivity index (χ3v) is 29.8. The van der Waals surface area contributed by atoms with E-state index in [2.05, 4.69) is 491 Å². The van der Waals surface area contributed by atoms with Crippen LogP contribution in [0.3, 0.4) is 0 Å². The maximum atomic E-state index is 7.25. The standard InChI is InChI=1S/3C45H28O/c1-2-13-29-26-31(25-24-28(29)12-1)30-14-11-15-32(27-30)41-42-37-20-7-3-16-33(37)35-18-5-9-22-39(35)44(42)46-45-40-23-10-6-19-36(40)34-17-4-8-21-38(34)43(41)45;1-2-13-28(14-3-1)31-24-12-15-29-25-26-30(27-40(29)31)41-42-36-20-8-4-16-32(36)34-18-6-10-22-38(34)44(42)46-45-39-23-11-7-19-35(39)33-17-5-9-21-37(33)43(41)45;1-2-12-28(13-3-1)29-22-23-31-27-32(25-24-30(31)26-29)41-42-37-18-8-4-14-33(37)35-16-6-10-20-39(35)44(42)46-45-40-21-11-7-17-36(40)34-15-5-9-19-38(34)43(41)45/h3*1-27,41H. The van der Waals surface area contributed by atoms with Crippen molar-refractivity contribution < 1.29 is 14.2 Å². The Hall–Kier alpha value is -17.8. The van der Waals surface area contributed by atoms with Gasteiger partial charge in [0.15, 0.2) is 0 Å². The number of rotatable bonds is 6. The summed E-state index contributed by atoms with van der Waals surface area (Å²) in [6, 6.07) is 179. The highest BCUT2D eigenvalue weighted by Crippen LogP contribution is 2.62. The van der Waals surface area contributed by atoms with Gasteiger partial charge in [0.1, 0.15) is 34.5 Å². The van der Waals surface area contributed by atoms with E-state index in [0.29, 0.717) is 0 Å². The minimum absolute atomic E-state index is 0.0269. The maximum Gasteiger partial charge on any atom is 0.140 e. The van der Waals surface area contributed by atoms with Crippen LogP contribution in [0.5, 0.6) is 34.5 Å². The molecule has 0 aliphatic carbocycles. The molecule has 3 aliphatic heterocycles. The molecule has 27 aromatic carbocycles. The second kappa shape index (κ2) is 32.0. The lowest BCUT2D eigenvalue weighted by molar-refractivity contribution is 0.467. The second-order valence-electron chi connectivity index (χ2n) is 37.1. The van der Waals surface area contributed by atoms with Crippen molar-refractivity contribution in [1.82, 2.24) is 0 Å². The summed E-state index contributed by atoms with van der Waals surface area (Å²) in [6.45, 7) is 0. The van der Waals surface area contributed by atoms with Crippen LogP contribution in [0.15, 0.2) is 491 Å². The van der Waals surface area contributed by atoms with Gasteiger partial charge < -0.3 is 14.2 Å². The minimum atomic E-state index is -0.0454. The summed E-state index contributed by atoms with van der Waals surface area (Å²) < 4.78 is 21.7. The van der Waals surface area contributed by atoms with E-state index in [1.165, 1.54) is 213 Å². The molecule has 3 aliphatic rings. The molecule has 0 N–H and O–H groups in total. The molecule has 0 saturated heterocycles. The molecule has 0 aromatic heterocycles. The molecule has 138 heavy (non-hydrogen) atoms. The molecule has 0 atom stereocenters. The van der Waals surface area contributed by atoms with E-state index >= 15 is 0 Å². The van der Waals surface area contributed by atoms with Gasteiger partial charge in [0.25, 0.3) is 0 Å². The number of ether oxygens (including phenoxy) is 3. The summed E-state index contributed by atoms with van der Waals surface area (Å²) in [6.07, 6.45) is 0. The molecular weight excluding hydrogens is 1670 g/mol. The van der Waals surface area contributed by atoms with Gasteiger partial charge in [-0.2, -0.15) is 0 Å². The van der Waals surface area contributed by atoms with Gasteiger partial charge in [-0.05, 0) is 198 Å². The highest BCUT2D eigenvalue weighted by atomic mass is 16.5. The molecular formula is C135H84O3. The van der Waals surface area contributed by atoms with Crippen molar-refractivity contribution in [3.63, 3.8) is 0 Å². The molecule has 30 rings (SSSR count). The van der Waals surface area contributed by atoms with Gasteiger partial charge in [0.2, 0.25) is 0 Å².